The number of hydrogen-bond acceptors (Lipinski definition) is 5. The maximum Gasteiger partial charge on any atom is 0.273 e. The largest absolute Gasteiger partial charge is 0.506 e. The maximum absolute atomic E-state index is 13.4. The lowest BCUT2D eigenvalue weighted by Gasteiger charge is -2.15. The number of pyridine rings is 2. The lowest BCUT2D eigenvalue weighted by molar-refractivity contribution is 0.102. The summed E-state index contributed by atoms with van der Waals surface area (Å²) in [5, 5.41) is 13.9. The molecule has 2 heterocycles. The third-order valence-electron chi connectivity index (χ3n) is 5.08. The van der Waals surface area contributed by atoms with Crippen LogP contribution in [-0.4, -0.2) is 27.7 Å². The summed E-state index contributed by atoms with van der Waals surface area (Å²) in [6.07, 6.45) is 1.52. The SMILES string of the molecule is COc1cccc(-n2c(=O)c(C(=O)Nc3ccc(C)cc3C)c(O)c3cccnc32)c1. The van der Waals surface area contributed by atoms with Crippen molar-refractivity contribution in [3.05, 3.63) is 87.8 Å². The smallest absolute Gasteiger partial charge is 0.273 e. The van der Waals surface area contributed by atoms with E-state index in [1.165, 1.54) is 17.9 Å². The molecule has 7 heteroatoms. The number of carbonyl (C=O) groups is 1. The highest BCUT2D eigenvalue weighted by Gasteiger charge is 2.24. The minimum absolute atomic E-state index is 0.237. The first kappa shape index (κ1) is 20.2. The van der Waals surface area contributed by atoms with E-state index in [0.29, 0.717) is 17.1 Å². The molecule has 7 nitrogen and oxygen atoms in total. The third-order valence-corrected chi connectivity index (χ3v) is 5.08. The molecule has 0 saturated carbocycles. The molecule has 31 heavy (non-hydrogen) atoms. The molecule has 4 rings (SSSR count). The normalized spacial score (nSPS) is 10.8. The number of ether oxygens (including phenoxy) is 1. The minimum atomic E-state index is -0.697. The molecule has 0 spiro atoms. The van der Waals surface area contributed by atoms with Gasteiger partial charge in [-0.15, -0.1) is 0 Å². The Morgan fingerprint density at radius 2 is 1.90 bits per heavy atom. The fourth-order valence-corrected chi connectivity index (χ4v) is 3.54. The highest BCUT2D eigenvalue weighted by atomic mass is 16.5. The topological polar surface area (TPSA) is 93.5 Å². The summed E-state index contributed by atoms with van der Waals surface area (Å²) in [4.78, 5) is 30.8. The first-order valence-electron chi connectivity index (χ1n) is 9.66. The van der Waals surface area contributed by atoms with Crippen LogP contribution in [0.25, 0.3) is 16.7 Å². The fourth-order valence-electron chi connectivity index (χ4n) is 3.54. The van der Waals surface area contributed by atoms with E-state index < -0.39 is 17.2 Å². The van der Waals surface area contributed by atoms with Gasteiger partial charge in [-0.05, 0) is 49.7 Å². The van der Waals surface area contributed by atoms with Crippen LogP contribution in [0.5, 0.6) is 11.5 Å². The Labute approximate surface area is 178 Å². The van der Waals surface area contributed by atoms with Gasteiger partial charge in [-0.2, -0.15) is 0 Å². The molecule has 0 atom stereocenters. The maximum atomic E-state index is 13.4. The Hall–Kier alpha value is -4.13. The number of benzene rings is 2. The van der Waals surface area contributed by atoms with Crippen LogP contribution in [0.15, 0.2) is 65.6 Å². The zero-order chi connectivity index (χ0) is 22.1. The lowest BCUT2D eigenvalue weighted by atomic mass is 10.1. The average molecular weight is 415 g/mol. The van der Waals surface area contributed by atoms with Gasteiger partial charge in [-0.3, -0.25) is 14.2 Å². The summed E-state index contributed by atoms with van der Waals surface area (Å²) >= 11 is 0. The molecule has 0 aliphatic heterocycles. The molecule has 0 bridgehead atoms. The van der Waals surface area contributed by atoms with Gasteiger partial charge in [0, 0.05) is 18.0 Å². The van der Waals surface area contributed by atoms with Crippen LogP contribution in [-0.2, 0) is 0 Å². The van der Waals surface area contributed by atoms with Gasteiger partial charge in [0.25, 0.3) is 11.5 Å². The van der Waals surface area contributed by atoms with Gasteiger partial charge in [0.15, 0.2) is 5.65 Å². The molecule has 0 fully saturated rings. The molecule has 0 saturated heterocycles. The molecule has 2 aromatic heterocycles. The number of aromatic nitrogens is 2. The van der Waals surface area contributed by atoms with Gasteiger partial charge >= 0.3 is 0 Å². The van der Waals surface area contributed by atoms with Crippen LogP contribution in [0.1, 0.15) is 21.5 Å². The van der Waals surface area contributed by atoms with Crippen molar-refractivity contribution < 1.29 is 14.6 Å². The van der Waals surface area contributed by atoms with E-state index in [1.807, 2.05) is 26.0 Å². The number of methoxy groups -OCH3 is 1. The van der Waals surface area contributed by atoms with E-state index in [-0.39, 0.29) is 16.6 Å². The number of nitrogens with zero attached hydrogens (tertiary/aromatic N) is 2. The van der Waals surface area contributed by atoms with Crippen molar-refractivity contribution in [1.82, 2.24) is 9.55 Å². The molecule has 1 amide bonds. The molecule has 2 N–H and O–H groups in total. The zero-order valence-corrected chi connectivity index (χ0v) is 17.3. The first-order valence-corrected chi connectivity index (χ1v) is 9.66. The zero-order valence-electron chi connectivity index (χ0n) is 17.3. The Kier molecular flexibility index (Phi) is 5.17. The fraction of sp³-hybridized carbons (Fsp3) is 0.125. The summed E-state index contributed by atoms with van der Waals surface area (Å²) in [7, 11) is 1.53. The number of anilines is 1. The summed E-state index contributed by atoms with van der Waals surface area (Å²) in [5.41, 5.74) is 2.13. The van der Waals surface area contributed by atoms with Crippen molar-refractivity contribution in [2.24, 2.45) is 0 Å². The van der Waals surface area contributed by atoms with Crippen molar-refractivity contribution >= 4 is 22.6 Å². The lowest BCUT2D eigenvalue weighted by Crippen LogP contribution is -2.29. The molecule has 2 aromatic carbocycles. The Morgan fingerprint density at radius 1 is 1.10 bits per heavy atom. The molecular weight excluding hydrogens is 394 g/mol. The molecule has 0 radical (unpaired) electrons. The van der Waals surface area contributed by atoms with Crippen molar-refractivity contribution in [2.75, 3.05) is 12.4 Å². The van der Waals surface area contributed by atoms with E-state index in [4.69, 9.17) is 4.74 Å². The van der Waals surface area contributed by atoms with Crippen LogP contribution in [0.3, 0.4) is 0 Å². The second-order valence-electron chi connectivity index (χ2n) is 7.21. The van der Waals surface area contributed by atoms with Gasteiger partial charge < -0.3 is 15.2 Å². The van der Waals surface area contributed by atoms with Crippen LogP contribution in [0.4, 0.5) is 5.69 Å². The van der Waals surface area contributed by atoms with E-state index in [1.54, 1.807) is 42.5 Å². The van der Waals surface area contributed by atoms with Crippen LogP contribution >= 0.6 is 0 Å². The van der Waals surface area contributed by atoms with Gasteiger partial charge in [0.1, 0.15) is 17.1 Å². The van der Waals surface area contributed by atoms with Crippen molar-refractivity contribution in [3.63, 3.8) is 0 Å². The number of fused-ring (bicyclic) bond motifs is 1. The van der Waals surface area contributed by atoms with E-state index in [0.717, 1.165) is 11.1 Å². The molecular formula is C24H21N3O4. The number of rotatable bonds is 4. The van der Waals surface area contributed by atoms with E-state index in [2.05, 4.69) is 10.3 Å². The number of carbonyl (C=O) groups excluding carboxylic acids is 1. The molecule has 156 valence electrons. The number of hydrogen-bond donors (Lipinski definition) is 2. The van der Waals surface area contributed by atoms with Crippen molar-refractivity contribution in [1.29, 1.82) is 0 Å². The van der Waals surface area contributed by atoms with Crippen molar-refractivity contribution in [2.45, 2.75) is 13.8 Å². The first-order chi connectivity index (χ1) is 14.9. The van der Waals surface area contributed by atoms with Crippen LogP contribution < -0.4 is 15.6 Å². The van der Waals surface area contributed by atoms with E-state index in [9.17, 15) is 14.7 Å². The standard InChI is InChI=1S/C24H21N3O4/c1-14-9-10-19(15(2)12-14)26-23(29)20-21(28)18-8-5-11-25-22(18)27(24(20)30)16-6-4-7-17(13-16)31-3/h4-13,28H,1-3H3,(H,26,29). The Morgan fingerprint density at radius 3 is 2.65 bits per heavy atom. The third kappa shape index (κ3) is 3.61. The second-order valence-corrected chi connectivity index (χ2v) is 7.21. The summed E-state index contributed by atoms with van der Waals surface area (Å²) in [5.74, 6) is -0.561. The van der Waals surface area contributed by atoms with E-state index >= 15 is 0 Å². The molecule has 0 unspecified atom stereocenters. The molecule has 0 aliphatic carbocycles. The number of aryl methyl sites for hydroxylation is 2. The molecule has 0 aliphatic rings. The van der Waals surface area contributed by atoms with Crippen molar-refractivity contribution in [3.8, 4) is 17.2 Å². The predicted octanol–water partition coefficient (Wildman–Crippen LogP) is 3.97. The Balaban J connectivity index is 1.93. The molecule has 4 aromatic rings. The van der Waals surface area contributed by atoms with Crippen LogP contribution in [0.2, 0.25) is 0 Å². The van der Waals surface area contributed by atoms with Gasteiger partial charge in [-0.1, -0.05) is 23.8 Å². The predicted molar refractivity (Wildman–Crippen MR) is 119 cm³/mol. The number of nitrogens with one attached hydrogen (secondary N) is 1. The van der Waals surface area contributed by atoms with Gasteiger partial charge in [0.05, 0.1) is 18.2 Å². The number of amides is 1. The summed E-state index contributed by atoms with van der Waals surface area (Å²) in [6.45, 7) is 3.81. The quantitative estimate of drug-likeness (QED) is 0.526. The van der Waals surface area contributed by atoms with Gasteiger partial charge in [-0.25, -0.2) is 4.98 Å². The Bertz CT molecular complexity index is 1380. The number of aromatic hydroxyl groups is 1. The monoisotopic (exact) mass is 415 g/mol. The average Bonchev–Trinajstić information content (AvgIpc) is 2.76. The highest BCUT2D eigenvalue weighted by Crippen LogP contribution is 2.28. The summed E-state index contributed by atoms with van der Waals surface area (Å²) < 4.78 is 6.57. The second kappa shape index (κ2) is 7.95. The minimum Gasteiger partial charge on any atom is -0.506 e. The van der Waals surface area contributed by atoms with Crippen LogP contribution in [0, 0.1) is 13.8 Å². The highest BCUT2D eigenvalue weighted by molar-refractivity contribution is 6.09. The van der Waals surface area contributed by atoms with Gasteiger partial charge in [0.2, 0.25) is 0 Å². The summed E-state index contributed by atoms with van der Waals surface area (Å²) in [6, 6.07) is 15.7.